The van der Waals surface area contributed by atoms with Crippen molar-refractivity contribution in [3.63, 3.8) is 0 Å². The Kier molecular flexibility index (Phi) is 3.27. The maximum absolute atomic E-state index is 13.5. The molecule has 2 rings (SSSR count). The summed E-state index contributed by atoms with van der Waals surface area (Å²) in [6, 6.07) is 5.29. The third-order valence-corrected chi connectivity index (χ3v) is 2.52. The molecule has 1 unspecified atom stereocenters. The Balaban J connectivity index is 2.28. The number of rotatable bonds is 4. The summed E-state index contributed by atoms with van der Waals surface area (Å²) in [5.41, 5.74) is 6.13. The van der Waals surface area contributed by atoms with Gasteiger partial charge in [-0.2, -0.15) is 5.10 Å². The highest BCUT2D eigenvalue weighted by Crippen LogP contribution is 2.21. The zero-order chi connectivity index (χ0) is 13.1. The Bertz CT molecular complexity index is 567. The van der Waals surface area contributed by atoms with E-state index in [1.165, 1.54) is 12.3 Å². The van der Waals surface area contributed by atoms with Crippen LogP contribution in [0.4, 0.5) is 10.1 Å². The highest BCUT2D eigenvalue weighted by atomic mass is 19.1. The molecule has 1 heterocycles. The van der Waals surface area contributed by atoms with Crippen LogP contribution in [0.1, 0.15) is 11.6 Å². The van der Waals surface area contributed by atoms with E-state index in [1.54, 1.807) is 36.1 Å². The number of nitrogens with one attached hydrogen (secondary N) is 1. The molecule has 0 aliphatic heterocycles. The molecular formula is C12H13FN4O. The predicted molar refractivity (Wildman–Crippen MR) is 65.2 cm³/mol. The van der Waals surface area contributed by atoms with E-state index < -0.39 is 17.8 Å². The molecule has 0 saturated carbocycles. The monoisotopic (exact) mass is 248 g/mol. The van der Waals surface area contributed by atoms with Gasteiger partial charge in [-0.1, -0.05) is 12.1 Å². The summed E-state index contributed by atoms with van der Waals surface area (Å²) in [7, 11) is 1.73. The number of nitrogens with zero attached hydrogens (tertiary/aromatic N) is 2. The number of primary amides is 1. The van der Waals surface area contributed by atoms with Crippen molar-refractivity contribution in [1.82, 2.24) is 9.78 Å². The number of amides is 1. The van der Waals surface area contributed by atoms with Gasteiger partial charge in [0.1, 0.15) is 11.9 Å². The van der Waals surface area contributed by atoms with Gasteiger partial charge in [0.15, 0.2) is 0 Å². The van der Waals surface area contributed by atoms with Crippen molar-refractivity contribution >= 4 is 11.6 Å². The SMILES string of the molecule is Cn1cc(C(Nc2ccccc2F)C(N)=O)cn1. The van der Waals surface area contributed by atoms with Gasteiger partial charge in [-0.05, 0) is 12.1 Å². The number of nitrogens with two attached hydrogens (primary N) is 1. The zero-order valence-electron chi connectivity index (χ0n) is 9.80. The molecule has 6 heteroatoms. The smallest absolute Gasteiger partial charge is 0.244 e. The van der Waals surface area contributed by atoms with Gasteiger partial charge < -0.3 is 11.1 Å². The predicted octanol–water partition coefficient (Wildman–Crippen LogP) is 1.20. The Morgan fingerprint density at radius 3 is 2.78 bits per heavy atom. The highest BCUT2D eigenvalue weighted by molar-refractivity contribution is 5.84. The fourth-order valence-electron chi connectivity index (χ4n) is 1.64. The number of hydrogen-bond donors (Lipinski definition) is 2. The van der Waals surface area contributed by atoms with Crippen molar-refractivity contribution in [1.29, 1.82) is 0 Å². The number of halogens is 1. The van der Waals surface area contributed by atoms with Crippen LogP contribution < -0.4 is 11.1 Å². The van der Waals surface area contributed by atoms with Crippen LogP contribution >= 0.6 is 0 Å². The Labute approximate surface area is 103 Å². The van der Waals surface area contributed by atoms with E-state index in [9.17, 15) is 9.18 Å². The maximum atomic E-state index is 13.5. The molecule has 0 aliphatic carbocycles. The molecule has 0 aliphatic rings. The fourth-order valence-corrected chi connectivity index (χ4v) is 1.64. The molecule has 2 aromatic rings. The van der Waals surface area contributed by atoms with Crippen LogP contribution in [0.5, 0.6) is 0 Å². The lowest BCUT2D eigenvalue weighted by molar-refractivity contribution is -0.118. The first-order valence-electron chi connectivity index (χ1n) is 5.37. The fraction of sp³-hybridized carbons (Fsp3) is 0.167. The Morgan fingerprint density at radius 1 is 1.50 bits per heavy atom. The number of hydrogen-bond acceptors (Lipinski definition) is 3. The molecular weight excluding hydrogens is 235 g/mol. The van der Waals surface area contributed by atoms with Gasteiger partial charge in [-0.15, -0.1) is 0 Å². The van der Waals surface area contributed by atoms with Gasteiger partial charge in [0.05, 0.1) is 11.9 Å². The molecule has 18 heavy (non-hydrogen) atoms. The number of carbonyl (C=O) groups excluding carboxylic acids is 1. The van der Waals surface area contributed by atoms with Gasteiger partial charge in [0.25, 0.3) is 0 Å². The molecule has 3 N–H and O–H groups in total. The molecule has 5 nitrogen and oxygen atoms in total. The summed E-state index contributed by atoms with van der Waals surface area (Å²) in [6.45, 7) is 0. The first kappa shape index (κ1) is 12.1. The number of aryl methyl sites for hydroxylation is 1. The summed E-state index contributed by atoms with van der Waals surface area (Å²) in [6.07, 6.45) is 3.17. The number of benzene rings is 1. The number of anilines is 1. The first-order chi connectivity index (χ1) is 8.58. The average molecular weight is 248 g/mol. The minimum Gasteiger partial charge on any atom is -0.368 e. The van der Waals surface area contributed by atoms with Crippen LogP contribution in [0.15, 0.2) is 36.7 Å². The van der Waals surface area contributed by atoms with E-state index in [0.717, 1.165) is 0 Å². The molecule has 0 saturated heterocycles. The molecule has 0 radical (unpaired) electrons. The maximum Gasteiger partial charge on any atom is 0.244 e. The largest absolute Gasteiger partial charge is 0.368 e. The quantitative estimate of drug-likeness (QED) is 0.853. The first-order valence-corrected chi connectivity index (χ1v) is 5.37. The lowest BCUT2D eigenvalue weighted by atomic mass is 10.1. The minimum absolute atomic E-state index is 0.227. The van der Waals surface area contributed by atoms with Gasteiger partial charge in [0, 0.05) is 18.8 Å². The summed E-state index contributed by atoms with van der Waals surface area (Å²) in [4.78, 5) is 11.4. The second kappa shape index (κ2) is 4.87. The summed E-state index contributed by atoms with van der Waals surface area (Å²) in [5.74, 6) is -1.03. The van der Waals surface area contributed by atoms with Gasteiger partial charge in [-0.3, -0.25) is 9.48 Å². The third-order valence-electron chi connectivity index (χ3n) is 2.52. The van der Waals surface area contributed by atoms with Gasteiger partial charge >= 0.3 is 0 Å². The van der Waals surface area contributed by atoms with Crippen LogP contribution in [-0.4, -0.2) is 15.7 Å². The average Bonchev–Trinajstić information content (AvgIpc) is 2.74. The Morgan fingerprint density at radius 2 is 2.22 bits per heavy atom. The Hall–Kier alpha value is -2.37. The third kappa shape index (κ3) is 2.48. The second-order valence-electron chi connectivity index (χ2n) is 3.91. The lowest BCUT2D eigenvalue weighted by Gasteiger charge is -2.15. The van der Waals surface area contributed by atoms with E-state index in [1.807, 2.05) is 0 Å². The summed E-state index contributed by atoms with van der Waals surface area (Å²) in [5, 5.41) is 6.73. The van der Waals surface area contributed by atoms with E-state index >= 15 is 0 Å². The summed E-state index contributed by atoms with van der Waals surface area (Å²) >= 11 is 0. The van der Waals surface area contributed by atoms with Crippen molar-refractivity contribution in [2.75, 3.05) is 5.32 Å². The molecule has 0 bridgehead atoms. The summed E-state index contributed by atoms with van der Waals surface area (Å²) < 4.78 is 15.0. The number of para-hydroxylation sites is 1. The second-order valence-corrected chi connectivity index (χ2v) is 3.91. The molecule has 0 fully saturated rings. The standard InChI is InChI=1S/C12H13FN4O/c1-17-7-8(6-15-17)11(12(14)18)16-10-5-3-2-4-9(10)13/h2-7,11,16H,1H3,(H2,14,18). The highest BCUT2D eigenvalue weighted by Gasteiger charge is 2.20. The van der Waals surface area contributed by atoms with E-state index in [0.29, 0.717) is 5.56 Å². The molecule has 1 amide bonds. The van der Waals surface area contributed by atoms with Gasteiger partial charge in [-0.25, -0.2) is 4.39 Å². The normalized spacial score (nSPS) is 12.1. The van der Waals surface area contributed by atoms with Crippen LogP contribution in [0.2, 0.25) is 0 Å². The topological polar surface area (TPSA) is 72.9 Å². The van der Waals surface area contributed by atoms with E-state index in [2.05, 4.69) is 10.4 Å². The molecule has 1 aromatic heterocycles. The van der Waals surface area contributed by atoms with Crippen molar-refractivity contribution in [2.24, 2.45) is 12.8 Å². The molecule has 0 spiro atoms. The number of aromatic nitrogens is 2. The molecule has 94 valence electrons. The van der Waals surface area contributed by atoms with Crippen LogP contribution in [0.3, 0.4) is 0 Å². The van der Waals surface area contributed by atoms with Crippen LogP contribution in [-0.2, 0) is 11.8 Å². The van der Waals surface area contributed by atoms with Crippen LogP contribution in [0.25, 0.3) is 0 Å². The van der Waals surface area contributed by atoms with E-state index in [4.69, 9.17) is 5.73 Å². The lowest BCUT2D eigenvalue weighted by Crippen LogP contribution is -2.27. The van der Waals surface area contributed by atoms with Crippen molar-refractivity contribution in [3.8, 4) is 0 Å². The van der Waals surface area contributed by atoms with Gasteiger partial charge in [0.2, 0.25) is 5.91 Å². The van der Waals surface area contributed by atoms with E-state index in [-0.39, 0.29) is 5.69 Å². The van der Waals surface area contributed by atoms with Crippen molar-refractivity contribution in [3.05, 3.63) is 48.0 Å². The minimum atomic E-state index is -0.810. The molecule has 1 atom stereocenters. The van der Waals surface area contributed by atoms with Crippen molar-refractivity contribution in [2.45, 2.75) is 6.04 Å². The zero-order valence-corrected chi connectivity index (χ0v) is 9.80. The van der Waals surface area contributed by atoms with Crippen LogP contribution in [0, 0.1) is 5.82 Å². The molecule has 1 aromatic carbocycles. The van der Waals surface area contributed by atoms with Crippen molar-refractivity contribution < 1.29 is 9.18 Å². The number of carbonyl (C=O) groups is 1.